The summed E-state index contributed by atoms with van der Waals surface area (Å²) in [6.45, 7) is 1.87. The topological polar surface area (TPSA) is 118 Å². The molecule has 0 fully saturated rings. The van der Waals surface area contributed by atoms with Gasteiger partial charge < -0.3 is 11.1 Å². The maximum absolute atomic E-state index is 13.9. The molecule has 1 unspecified atom stereocenters. The van der Waals surface area contributed by atoms with Crippen molar-refractivity contribution in [3.63, 3.8) is 0 Å². The summed E-state index contributed by atoms with van der Waals surface area (Å²) in [6, 6.07) is 8.28. The number of nitrogens with two attached hydrogens (primary N) is 1. The molecule has 0 aliphatic carbocycles. The Hall–Kier alpha value is -4.06. The van der Waals surface area contributed by atoms with Crippen molar-refractivity contribution >= 4 is 17.3 Å². The Kier molecular flexibility index (Phi) is 4.29. The van der Waals surface area contributed by atoms with Gasteiger partial charge in [0.2, 0.25) is 0 Å². The zero-order chi connectivity index (χ0) is 19.7. The Labute approximate surface area is 159 Å². The average Bonchev–Trinajstić information content (AvgIpc) is 3.07. The van der Waals surface area contributed by atoms with Crippen molar-refractivity contribution < 1.29 is 4.39 Å². The summed E-state index contributed by atoms with van der Waals surface area (Å²) in [5, 5.41) is 12.5. The van der Waals surface area contributed by atoms with Gasteiger partial charge in [-0.2, -0.15) is 5.26 Å². The molecule has 4 aromatic rings. The van der Waals surface area contributed by atoms with Crippen molar-refractivity contribution in [3.8, 4) is 17.3 Å². The standard InChI is InChI=1S/C19H15FN8/c1-11(26-19-14(7-21)18(22)24-10-25-19)16-17(12-3-2-6-23-8-12)28-9-13(20)4-5-15(28)27-16/h2-6,8-11H,1H3,(H3,22,24,25,26). The molecule has 8 nitrogen and oxygen atoms in total. The minimum Gasteiger partial charge on any atom is -0.382 e. The molecule has 138 valence electrons. The van der Waals surface area contributed by atoms with Crippen LogP contribution in [0.1, 0.15) is 24.2 Å². The Morgan fingerprint density at radius 2 is 2.14 bits per heavy atom. The SMILES string of the molecule is CC(Nc1ncnc(N)c1C#N)c1nc2ccc(F)cn2c1-c1cccnc1. The molecule has 0 radical (unpaired) electrons. The van der Waals surface area contributed by atoms with Gasteiger partial charge in [0.1, 0.15) is 41.1 Å². The maximum Gasteiger partial charge on any atom is 0.150 e. The van der Waals surface area contributed by atoms with E-state index in [0.717, 1.165) is 5.56 Å². The van der Waals surface area contributed by atoms with Gasteiger partial charge in [-0.25, -0.2) is 19.3 Å². The summed E-state index contributed by atoms with van der Waals surface area (Å²) >= 11 is 0. The van der Waals surface area contributed by atoms with Crippen LogP contribution in [0.4, 0.5) is 16.0 Å². The number of anilines is 2. The highest BCUT2D eigenvalue weighted by atomic mass is 19.1. The minimum absolute atomic E-state index is 0.0942. The summed E-state index contributed by atoms with van der Waals surface area (Å²) in [5.74, 6) is 0.0252. The summed E-state index contributed by atoms with van der Waals surface area (Å²) in [4.78, 5) is 16.8. The first kappa shape index (κ1) is 17.4. The number of pyridine rings is 2. The van der Waals surface area contributed by atoms with Crippen molar-refractivity contribution in [2.24, 2.45) is 0 Å². The van der Waals surface area contributed by atoms with Crippen molar-refractivity contribution in [2.45, 2.75) is 13.0 Å². The maximum atomic E-state index is 13.9. The van der Waals surface area contributed by atoms with Crippen LogP contribution in [0.15, 0.2) is 49.2 Å². The third kappa shape index (κ3) is 2.97. The zero-order valence-electron chi connectivity index (χ0n) is 14.8. The first-order chi connectivity index (χ1) is 13.6. The van der Waals surface area contributed by atoms with Gasteiger partial charge in [-0.3, -0.25) is 9.38 Å². The molecule has 28 heavy (non-hydrogen) atoms. The molecule has 0 aliphatic heterocycles. The van der Waals surface area contributed by atoms with Gasteiger partial charge in [-0.1, -0.05) is 0 Å². The number of nitrogens with one attached hydrogen (secondary N) is 1. The highest BCUT2D eigenvalue weighted by molar-refractivity contribution is 5.69. The van der Waals surface area contributed by atoms with Crippen LogP contribution in [0.5, 0.6) is 0 Å². The number of fused-ring (bicyclic) bond motifs is 1. The van der Waals surface area contributed by atoms with Gasteiger partial charge in [0.15, 0.2) is 0 Å². The lowest BCUT2D eigenvalue weighted by atomic mass is 10.1. The number of nitriles is 1. The van der Waals surface area contributed by atoms with E-state index in [1.165, 1.54) is 18.6 Å². The van der Waals surface area contributed by atoms with Gasteiger partial charge in [0.25, 0.3) is 0 Å². The van der Waals surface area contributed by atoms with Gasteiger partial charge in [0, 0.05) is 24.2 Å². The lowest BCUT2D eigenvalue weighted by Gasteiger charge is -2.16. The van der Waals surface area contributed by atoms with Gasteiger partial charge in [-0.05, 0) is 31.2 Å². The van der Waals surface area contributed by atoms with E-state index in [1.807, 2.05) is 19.1 Å². The molecule has 3 N–H and O–H groups in total. The van der Waals surface area contributed by atoms with Crippen LogP contribution in [0.25, 0.3) is 16.9 Å². The molecule has 9 heteroatoms. The molecule has 0 saturated carbocycles. The van der Waals surface area contributed by atoms with Crippen LogP contribution in [-0.2, 0) is 0 Å². The normalized spacial score (nSPS) is 11.9. The number of nitrogens with zero attached hydrogens (tertiary/aromatic N) is 6. The van der Waals surface area contributed by atoms with Gasteiger partial charge >= 0.3 is 0 Å². The fourth-order valence-corrected chi connectivity index (χ4v) is 3.02. The van der Waals surface area contributed by atoms with E-state index >= 15 is 0 Å². The molecule has 0 saturated heterocycles. The van der Waals surface area contributed by atoms with E-state index in [-0.39, 0.29) is 23.2 Å². The summed E-state index contributed by atoms with van der Waals surface area (Å²) in [5.41, 5.74) is 8.64. The van der Waals surface area contributed by atoms with Gasteiger partial charge in [0.05, 0.1) is 17.4 Å². The summed E-state index contributed by atoms with van der Waals surface area (Å²) < 4.78 is 15.6. The van der Waals surface area contributed by atoms with E-state index in [2.05, 4.69) is 25.3 Å². The molecule has 0 spiro atoms. The van der Waals surface area contributed by atoms with Crippen LogP contribution >= 0.6 is 0 Å². The number of nitrogen functional groups attached to an aromatic ring is 1. The van der Waals surface area contributed by atoms with Crippen molar-refractivity contribution in [1.29, 1.82) is 5.26 Å². The van der Waals surface area contributed by atoms with Crippen LogP contribution in [-0.4, -0.2) is 24.3 Å². The lowest BCUT2D eigenvalue weighted by molar-refractivity contribution is 0.619. The van der Waals surface area contributed by atoms with Crippen LogP contribution in [0.3, 0.4) is 0 Å². The fourth-order valence-electron chi connectivity index (χ4n) is 3.02. The molecular weight excluding hydrogens is 359 g/mol. The monoisotopic (exact) mass is 374 g/mol. The third-order valence-electron chi connectivity index (χ3n) is 4.30. The molecule has 0 aromatic carbocycles. The summed E-state index contributed by atoms with van der Waals surface area (Å²) in [7, 11) is 0. The number of rotatable bonds is 4. The summed E-state index contributed by atoms with van der Waals surface area (Å²) in [6.07, 6.45) is 6.02. The molecule has 0 amide bonds. The second-order valence-corrected chi connectivity index (χ2v) is 6.12. The quantitative estimate of drug-likeness (QED) is 0.564. The van der Waals surface area contributed by atoms with Crippen molar-refractivity contribution in [1.82, 2.24) is 24.3 Å². The second kappa shape index (κ2) is 6.92. The number of hydrogen-bond donors (Lipinski definition) is 2. The highest BCUT2D eigenvalue weighted by Crippen LogP contribution is 2.31. The molecule has 4 aromatic heterocycles. The third-order valence-corrected chi connectivity index (χ3v) is 4.30. The number of halogens is 1. The highest BCUT2D eigenvalue weighted by Gasteiger charge is 2.21. The predicted molar refractivity (Wildman–Crippen MR) is 102 cm³/mol. The molecule has 0 aliphatic rings. The first-order valence-electron chi connectivity index (χ1n) is 8.43. The lowest BCUT2D eigenvalue weighted by Crippen LogP contribution is -2.12. The Morgan fingerprint density at radius 1 is 1.29 bits per heavy atom. The smallest absolute Gasteiger partial charge is 0.150 e. The predicted octanol–water partition coefficient (Wildman–Crippen LogP) is 2.95. The average molecular weight is 374 g/mol. The Bertz CT molecular complexity index is 1200. The minimum atomic E-state index is -0.377. The van der Waals surface area contributed by atoms with Crippen LogP contribution in [0, 0.1) is 17.1 Å². The Balaban J connectivity index is 1.85. The van der Waals surface area contributed by atoms with Crippen LogP contribution in [0.2, 0.25) is 0 Å². The van der Waals surface area contributed by atoms with E-state index in [0.29, 0.717) is 22.9 Å². The Morgan fingerprint density at radius 3 is 2.89 bits per heavy atom. The zero-order valence-corrected chi connectivity index (χ0v) is 14.8. The van der Waals surface area contributed by atoms with E-state index in [1.54, 1.807) is 28.9 Å². The molecule has 4 heterocycles. The fraction of sp³-hybridized carbons (Fsp3) is 0.105. The van der Waals surface area contributed by atoms with E-state index < -0.39 is 0 Å². The molecule has 1 atom stereocenters. The largest absolute Gasteiger partial charge is 0.382 e. The molecule has 0 bridgehead atoms. The van der Waals surface area contributed by atoms with Crippen molar-refractivity contribution in [2.75, 3.05) is 11.1 Å². The number of hydrogen-bond acceptors (Lipinski definition) is 7. The van der Waals surface area contributed by atoms with Crippen LogP contribution < -0.4 is 11.1 Å². The number of aromatic nitrogens is 5. The van der Waals surface area contributed by atoms with Crippen molar-refractivity contribution in [3.05, 3.63) is 66.3 Å². The number of imidazole rings is 1. The first-order valence-corrected chi connectivity index (χ1v) is 8.43. The molecule has 4 rings (SSSR count). The second-order valence-electron chi connectivity index (χ2n) is 6.12. The van der Waals surface area contributed by atoms with E-state index in [9.17, 15) is 9.65 Å². The molecular formula is C19H15FN8. The van der Waals surface area contributed by atoms with E-state index in [4.69, 9.17) is 5.73 Å². The van der Waals surface area contributed by atoms with Gasteiger partial charge in [-0.15, -0.1) is 0 Å².